The summed E-state index contributed by atoms with van der Waals surface area (Å²) in [4.78, 5) is 15.5. The Labute approximate surface area is 166 Å². The van der Waals surface area contributed by atoms with Gasteiger partial charge < -0.3 is 21.5 Å². The van der Waals surface area contributed by atoms with Crippen molar-refractivity contribution in [3.8, 4) is 0 Å². The van der Waals surface area contributed by atoms with Gasteiger partial charge in [-0.1, -0.05) is 31.2 Å². The summed E-state index contributed by atoms with van der Waals surface area (Å²) in [6, 6.07) is 12.2. The van der Waals surface area contributed by atoms with Gasteiger partial charge in [-0.15, -0.1) is 0 Å². The Morgan fingerprint density at radius 3 is 2.82 bits per heavy atom. The molecule has 1 saturated carbocycles. The maximum Gasteiger partial charge on any atom is 0.309 e. The van der Waals surface area contributed by atoms with Gasteiger partial charge in [-0.25, -0.2) is 4.98 Å². The minimum Gasteiger partial charge on any atom is -0.481 e. The third-order valence-corrected chi connectivity index (χ3v) is 5.50. The van der Waals surface area contributed by atoms with E-state index in [2.05, 4.69) is 34.7 Å². The number of anilines is 2. The Morgan fingerprint density at radius 1 is 1.29 bits per heavy atom. The van der Waals surface area contributed by atoms with Crippen molar-refractivity contribution in [2.45, 2.75) is 38.5 Å². The third kappa shape index (κ3) is 5.23. The van der Waals surface area contributed by atoms with Crippen LogP contribution < -0.4 is 16.4 Å². The molecule has 0 radical (unpaired) electrons. The molecule has 28 heavy (non-hydrogen) atoms. The van der Waals surface area contributed by atoms with Crippen molar-refractivity contribution in [2.24, 2.45) is 5.41 Å². The molecular weight excluding hydrogens is 352 g/mol. The molecule has 150 valence electrons. The molecule has 1 aromatic carbocycles. The fraction of sp³-hybridized carbons (Fsp3) is 0.455. The van der Waals surface area contributed by atoms with Crippen LogP contribution >= 0.6 is 0 Å². The van der Waals surface area contributed by atoms with Crippen LogP contribution in [0.4, 0.5) is 11.5 Å². The van der Waals surface area contributed by atoms with Gasteiger partial charge in [0, 0.05) is 19.3 Å². The first-order chi connectivity index (χ1) is 13.5. The van der Waals surface area contributed by atoms with Crippen LogP contribution in [0.15, 0.2) is 42.6 Å². The standard InChI is InChI=1S/C22H30N4O2/c1-16(15-24-10-4-12-25-19-7-3-11-26-20(19)23)18-6-2-5-17(13-18)14-22(8-9-22)21(27)28/h2-3,5-7,11,13,16,24-25H,4,8-10,12,14-15H2,1H3,(H2,23,26)(H,27,28). The number of pyridine rings is 1. The van der Waals surface area contributed by atoms with Crippen LogP contribution in [0.3, 0.4) is 0 Å². The van der Waals surface area contributed by atoms with Crippen LogP contribution in [0, 0.1) is 5.41 Å². The minimum atomic E-state index is -0.658. The number of nitrogens with two attached hydrogens (primary N) is 1. The number of nitrogens with zero attached hydrogens (tertiary/aromatic N) is 1. The lowest BCUT2D eigenvalue weighted by Crippen LogP contribution is -2.23. The normalized spacial score (nSPS) is 15.8. The van der Waals surface area contributed by atoms with Gasteiger partial charge in [-0.2, -0.15) is 0 Å². The predicted octanol–water partition coefficient (Wildman–Crippen LogP) is 3.27. The van der Waals surface area contributed by atoms with E-state index in [9.17, 15) is 9.90 Å². The summed E-state index contributed by atoms with van der Waals surface area (Å²) in [5, 5.41) is 16.2. The molecule has 1 aromatic heterocycles. The number of nitrogens with one attached hydrogen (secondary N) is 2. The van der Waals surface area contributed by atoms with Crippen molar-refractivity contribution < 1.29 is 9.90 Å². The van der Waals surface area contributed by atoms with Crippen LogP contribution in [-0.4, -0.2) is 35.7 Å². The second kappa shape index (κ2) is 9.06. The Morgan fingerprint density at radius 2 is 2.11 bits per heavy atom. The molecule has 0 saturated heterocycles. The Hall–Kier alpha value is -2.60. The fourth-order valence-corrected chi connectivity index (χ4v) is 3.46. The van der Waals surface area contributed by atoms with E-state index in [-0.39, 0.29) is 0 Å². The number of hydrogen-bond donors (Lipinski definition) is 4. The van der Waals surface area contributed by atoms with Crippen LogP contribution in [0.1, 0.15) is 43.2 Å². The second-order valence-corrected chi connectivity index (χ2v) is 7.83. The lowest BCUT2D eigenvalue weighted by Gasteiger charge is -2.16. The second-order valence-electron chi connectivity index (χ2n) is 7.83. The maximum atomic E-state index is 11.4. The van der Waals surface area contributed by atoms with Crippen LogP contribution in [0.25, 0.3) is 0 Å². The molecule has 0 amide bonds. The van der Waals surface area contributed by atoms with Crippen LogP contribution in [0.2, 0.25) is 0 Å². The van der Waals surface area contributed by atoms with Gasteiger partial charge in [0.1, 0.15) is 5.82 Å². The number of aromatic nitrogens is 1. The molecule has 0 spiro atoms. The lowest BCUT2D eigenvalue weighted by atomic mass is 9.92. The number of rotatable bonds is 11. The minimum absolute atomic E-state index is 0.377. The average Bonchev–Trinajstić information content (AvgIpc) is 3.47. The highest BCUT2D eigenvalue weighted by Crippen LogP contribution is 2.48. The highest BCUT2D eigenvalue weighted by molar-refractivity contribution is 5.78. The molecule has 1 aliphatic carbocycles. The van der Waals surface area contributed by atoms with E-state index in [0.717, 1.165) is 50.1 Å². The zero-order chi connectivity index (χ0) is 20.0. The summed E-state index contributed by atoms with van der Waals surface area (Å²) < 4.78 is 0. The quantitative estimate of drug-likeness (QED) is 0.445. The summed E-state index contributed by atoms with van der Waals surface area (Å²) in [7, 11) is 0. The summed E-state index contributed by atoms with van der Waals surface area (Å²) in [6.07, 6.45) is 4.90. The predicted molar refractivity (Wildman–Crippen MR) is 112 cm³/mol. The first-order valence-corrected chi connectivity index (χ1v) is 9.97. The van der Waals surface area contributed by atoms with Gasteiger partial charge in [-0.3, -0.25) is 4.79 Å². The molecule has 1 atom stereocenters. The summed E-state index contributed by atoms with van der Waals surface area (Å²) in [5.74, 6) is 0.246. The van der Waals surface area contributed by atoms with Gasteiger partial charge in [-0.05, 0) is 61.4 Å². The molecule has 0 bridgehead atoms. The summed E-state index contributed by atoms with van der Waals surface area (Å²) >= 11 is 0. The maximum absolute atomic E-state index is 11.4. The summed E-state index contributed by atoms with van der Waals surface area (Å²) in [5.41, 5.74) is 8.57. The molecule has 0 aliphatic heterocycles. The lowest BCUT2D eigenvalue weighted by molar-refractivity contribution is -0.143. The van der Waals surface area contributed by atoms with Gasteiger partial charge in [0.05, 0.1) is 11.1 Å². The Bertz CT molecular complexity index is 805. The zero-order valence-electron chi connectivity index (χ0n) is 16.4. The highest BCUT2D eigenvalue weighted by Gasteiger charge is 2.49. The molecule has 6 heteroatoms. The Balaban J connectivity index is 1.39. The number of benzene rings is 1. The van der Waals surface area contributed by atoms with Gasteiger partial charge >= 0.3 is 5.97 Å². The largest absolute Gasteiger partial charge is 0.481 e. The van der Waals surface area contributed by atoms with Crippen LogP contribution in [0.5, 0.6) is 0 Å². The average molecular weight is 383 g/mol. The number of carbonyl (C=O) groups is 1. The van der Waals surface area contributed by atoms with Crippen molar-refractivity contribution in [3.05, 3.63) is 53.7 Å². The smallest absolute Gasteiger partial charge is 0.309 e. The SMILES string of the molecule is CC(CNCCCNc1cccnc1N)c1cccc(CC2(C(=O)O)CC2)c1. The number of carboxylic acids is 1. The van der Waals surface area contributed by atoms with Gasteiger partial charge in [0.2, 0.25) is 0 Å². The summed E-state index contributed by atoms with van der Waals surface area (Å²) in [6.45, 7) is 4.84. The van der Waals surface area contributed by atoms with E-state index >= 15 is 0 Å². The first-order valence-electron chi connectivity index (χ1n) is 9.97. The number of hydrogen-bond acceptors (Lipinski definition) is 5. The molecule has 5 N–H and O–H groups in total. The number of carboxylic acid groups (broad SMARTS) is 1. The van der Waals surface area contributed by atoms with E-state index in [1.54, 1.807) is 6.20 Å². The number of nitrogen functional groups attached to an aromatic ring is 1. The molecule has 1 fully saturated rings. The van der Waals surface area contributed by atoms with Crippen molar-refractivity contribution in [3.63, 3.8) is 0 Å². The fourth-order valence-electron chi connectivity index (χ4n) is 3.46. The third-order valence-electron chi connectivity index (χ3n) is 5.50. The van der Waals surface area contributed by atoms with Crippen molar-refractivity contribution >= 4 is 17.5 Å². The molecular formula is C22H30N4O2. The van der Waals surface area contributed by atoms with Crippen molar-refractivity contribution in [1.29, 1.82) is 0 Å². The first kappa shape index (κ1) is 20.1. The molecule has 1 unspecified atom stereocenters. The van der Waals surface area contributed by atoms with Crippen LogP contribution in [-0.2, 0) is 11.2 Å². The zero-order valence-corrected chi connectivity index (χ0v) is 16.4. The highest BCUT2D eigenvalue weighted by atomic mass is 16.4. The topological polar surface area (TPSA) is 100 Å². The molecule has 2 aromatic rings. The van der Waals surface area contributed by atoms with E-state index in [4.69, 9.17) is 5.73 Å². The van der Waals surface area contributed by atoms with E-state index in [1.807, 2.05) is 24.3 Å². The molecule has 1 heterocycles. The van der Waals surface area contributed by atoms with E-state index in [0.29, 0.717) is 18.2 Å². The molecule has 3 rings (SSSR count). The van der Waals surface area contributed by atoms with Gasteiger partial charge in [0.25, 0.3) is 0 Å². The molecule has 6 nitrogen and oxygen atoms in total. The van der Waals surface area contributed by atoms with Crippen molar-refractivity contribution in [2.75, 3.05) is 30.7 Å². The monoisotopic (exact) mass is 382 g/mol. The van der Waals surface area contributed by atoms with Gasteiger partial charge in [0.15, 0.2) is 0 Å². The van der Waals surface area contributed by atoms with E-state index in [1.165, 1.54) is 5.56 Å². The Kier molecular flexibility index (Phi) is 6.52. The molecule has 1 aliphatic rings. The number of aliphatic carboxylic acids is 1. The van der Waals surface area contributed by atoms with Crippen molar-refractivity contribution in [1.82, 2.24) is 10.3 Å². The van der Waals surface area contributed by atoms with E-state index < -0.39 is 11.4 Å².